The quantitative estimate of drug-likeness (QED) is 0.357. The lowest BCUT2D eigenvalue weighted by Gasteiger charge is -2.42. The lowest BCUT2D eigenvalue weighted by molar-refractivity contribution is -0.132. The number of ketones is 1. The highest BCUT2D eigenvalue weighted by Gasteiger charge is 2.35. The van der Waals surface area contributed by atoms with Gasteiger partial charge in [0.1, 0.15) is 5.78 Å². The van der Waals surface area contributed by atoms with Gasteiger partial charge in [-0.2, -0.15) is 0 Å². The molecule has 222 valence electrons. The topological polar surface area (TPSA) is 79.3 Å². The number of carbonyl (C=O) groups excluding carboxylic acids is 2. The summed E-state index contributed by atoms with van der Waals surface area (Å²) in [5, 5.41) is 9.56. The van der Waals surface area contributed by atoms with Gasteiger partial charge in [0.2, 0.25) is 5.91 Å². The molecule has 2 aliphatic rings. The maximum Gasteiger partial charge on any atom is 0.224 e. The molecule has 0 bridgehead atoms. The number of aromatic nitrogens is 1. The molecule has 1 amide bonds. The van der Waals surface area contributed by atoms with Gasteiger partial charge in [-0.1, -0.05) is 32.0 Å². The van der Waals surface area contributed by atoms with E-state index in [1.807, 2.05) is 4.90 Å². The first-order chi connectivity index (χ1) is 19.3. The minimum Gasteiger partial charge on any atom is -0.379 e. The standard InChI is InChI=1S/C31H49N5O4/c1-23(2)31-30-26-8-6-7-9-27(26)36(28(30)22-33(4)34(31)5)17-12-29(38)35-15-10-25(11-16-35)32-14-19-40-21-20-39-18-13-24(3)37/h6-9,23,25,31-32H,10-22H2,1-5H3. The molecule has 0 spiro atoms. The molecule has 2 aromatic rings. The van der Waals surface area contributed by atoms with Gasteiger partial charge < -0.3 is 24.3 Å². The molecule has 1 aromatic carbocycles. The van der Waals surface area contributed by atoms with Crippen molar-refractivity contribution in [2.45, 2.75) is 71.6 Å². The number of hydrazine groups is 1. The molecule has 0 aliphatic carbocycles. The van der Waals surface area contributed by atoms with Crippen molar-refractivity contribution in [3.05, 3.63) is 35.5 Å². The van der Waals surface area contributed by atoms with Crippen molar-refractivity contribution >= 4 is 22.6 Å². The van der Waals surface area contributed by atoms with Crippen LogP contribution in [-0.4, -0.2) is 97.4 Å². The van der Waals surface area contributed by atoms with Crippen molar-refractivity contribution in [1.29, 1.82) is 0 Å². The second kappa shape index (κ2) is 14.5. The number of amides is 1. The minimum absolute atomic E-state index is 0.145. The fourth-order valence-electron chi connectivity index (χ4n) is 6.20. The predicted octanol–water partition coefficient (Wildman–Crippen LogP) is 3.61. The van der Waals surface area contributed by atoms with Crippen LogP contribution in [0.25, 0.3) is 10.9 Å². The first kappa shape index (κ1) is 30.7. The number of rotatable bonds is 14. The third-order valence-corrected chi connectivity index (χ3v) is 8.42. The van der Waals surface area contributed by atoms with Crippen molar-refractivity contribution in [2.24, 2.45) is 5.92 Å². The molecule has 0 radical (unpaired) electrons. The van der Waals surface area contributed by atoms with Crippen LogP contribution < -0.4 is 5.32 Å². The Balaban J connectivity index is 1.23. The van der Waals surface area contributed by atoms with Gasteiger partial charge in [0.05, 0.1) is 39.0 Å². The van der Waals surface area contributed by atoms with E-state index in [1.54, 1.807) is 6.92 Å². The SMILES string of the molecule is CC(=O)CCOCCOCCNC1CCN(C(=O)CCn2c3c(c4ccccc42)C(C(C)C)N(C)N(C)C3)CC1. The summed E-state index contributed by atoms with van der Waals surface area (Å²) in [6.07, 6.45) is 2.92. The monoisotopic (exact) mass is 555 g/mol. The lowest BCUT2D eigenvalue weighted by Crippen LogP contribution is -2.46. The van der Waals surface area contributed by atoms with Crippen LogP contribution in [0, 0.1) is 5.92 Å². The molecule has 9 heteroatoms. The number of fused-ring (bicyclic) bond motifs is 3. The van der Waals surface area contributed by atoms with Gasteiger partial charge in [-0.15, -0.1) is 0 Å². The van der Waals surface area contributed by atoms with Gasteiger partial charge >= 0.3 is 0 Å². The number of Topliss-reactive ketones (excluding diaryl/α,β-unsaturated/α-hetero) is 1. The zero-order valence-electron chi connectivity index (χ0n) is 25.2. The highest BCUT2D eigenvalue weighted by molar-refractivity contribution is 5.86. The summed E-state index contributed by atoms with van der Waals surface area (Å²) in [5.74, 6) is 0.873. The van der Waals surface area contributed by atoms with E-state index in [0.717, 1.165) is 39.0 Å². The second-order valence-electron chi connectivity index (χ2n) is 11.6. The molecule has 1 atom stereocenters. The molecule has 40 heavy (non-hydrogen) atoms. The van der Waals surface area contributed by atoms with E-state index in [9.17, 15) is 9.59 Å². The molecule has 1 N–H and O–H groups in total. The van der Waals surface area contributed by atoms with E-state index in [0.29, 0.717) is 63.8 Å². The summed E-state index contributed by atoms with van der Waals surface area (Å²) in [7, 11) is 4.34. The van der Waals surface area contributed by atoms with Gasteiger partial charge in [0, 0.05) is 81.3 Å². The average Bonchev–Trinajstić information content (AvgIpc) is 3.23. The highest BCUT2D eigenvalue weighted by Crippen LogP contribution is 2.41. The molecule has 9 nitrogen and oxygen atoms in total. The number of nitrogens with one attached hydrogen (secondary N) is 1. The van der Waals surface area contributed by atoms with Crippen molar-refractivity contribution < 1.29 is 19.1 Å². The molecule has 1 aromatic heterocycles. The molecular weight excluding hydrogens is 506 g/mol. The molecule has 0 saturated carbocycles. The fourth-order valence-corrected chi connectivity index (χ4v) is 6.20. The number of carbonyl (C=O) groups is 2. The van der Waals surface area contributed by atoms with E-state index in [4.69, 9.17) is 9.47 Å². The van der Waals surface area contributed by atoms with Crippen LogP contribution in [0.15, 0.2) is 24.3 Å². The van der Waals surface area contributed by atoms with Crippen LogP contribution in [0.1, 0.15) is 63.8 Å². The van der Waals surface area contributed by atoms with Crippen LogP contribution >= 0.6 is 0 Å². The van der Waals surface area contributed by atoms with Crippen molar-refractivity contribution in [2.75, 3.05) is 60.2 Å². The number of aryl methyl sites for hydroxylation is 1. The number of benzene rings is 1. The van der Waals surface area contributed by atoms with Crippen molar-refractivity contribution in [1.82, 2.24) is 24.8 Å². The molecular formula is C31H49N5O4. The number of piperidine rings is 1. The summed E-state index contributed by atoms with van der Waals surface area (Å²) < 4.78 is 13.4. The van der Waals surface area contributed by atoms with Crippen LogP contribution in [0.2, 0.25) is 0 Å². The van der Waals surface area contributed by atoms with E-state index < -0.39 is 0 Å². The normalized spacial score (nSPS) is 19.1. The lowest BCUT2D eigenvalue weighted by atomic mass is 9.91. The first-order valence-corrected chi connectivity index (χ1v) is 15.0. The summed E-state index contributed by atoms with van der Waals surface area (Å²) in [4.78, 5) is 26.2. The van der Waals surface area contributed by atoms with Gasteiger partial charge in [0.15, 0.2) is 0 Å². The average molecular weight is 556 g/mol. The zero-order chi connectivity index (χ0) is 28.6. The van der Waals surface area contributed by atoms with Crippen LogP contribution in [0.4, 0.5) is 0 Å². The Morgan fingerprint density at radius 2 is 1.70 bits per heavy atom. The summed E-state index contributed by atoms with van der Waals surface area (Å²) in [5.41, 5.74) is 4.01. The number of hydrogen-bond acceptors (Lipinski definition) is 7. The number of hydrogen-bond donors (Lipinski definition) is 1. The number of nitrogens with zero attached hydrogens (tertiary/aromatic N) is 4. The van der Waals surface area contributed by atoms with Gasteiger partial charge in [-0.05, 0) is 31.7 Å². The van der Waals surface area contributed by atoms with Gasteiger partial charge in [-0.25, -0.2) is 10.0 Å². The number of para-hydroxylation sites is 1. The molecule has 1 fully saturated rings. The Labute approximate surface area is 239 Å². The van der Waals surface area contributed by atoms with E-state index in [-0.39, 0.29) is 11.7 Å². The minimum atomic E-state index is 0.145. The predicted molar refractivity (Wildman–Crippen MR) is 158 cm³/mol. The van der Waals surface area contributed by atoms with Crippen LogP contribution in [-0.2, 0) is 32.2 Å². The van der Waals surface area contributed by atoms with Gasteiger partial charge in [-0.3, -0.25) is 9.59 Å². The van der Waals surface area contributed by atoms with Crippen LogP contribution in [0.3, 0.4) is 0 Å². The Morgan fingerprint density at radius 1 is 1.00 bits per heavy atom. The largest absolute Gasteiger partial charge is 0.379 e. The Hall–Kier alpha value is -2.30. The summed E-state index contributed by atoms with van der Waals surface area (Å²) in [6.45, 7) is 12.3. The van der Waals surface area contributed by atoms with E-state index >= 15 is 0 Å². The molecule has 2 aliphatic heterocycles. The fraction of sp³-hybridized carbons (Fsp3) is 0.677. The Bertz CT molecular complexity index is 1120. The maximum atomic E-state index is 13.3. The van der Waals surface area contributed by atoms with E-state index in [2.05, 4.69) is 72.1 Å². The third-order valence-electron chi connectivity index (χ3n) is 8.42. The zero-order valence-corrected chi connectivity index (χ0v) is 25.2. The highest BCUT2D eigenvalue weighted by atomic mass is 16.5. The van der Waals surface area contributed by atoms with Crippen LogP contribution in [0.5, 0.6) is 0 Å². The van der Waals surface area contributed by atoms with Crippen molar-refractivity contribution in [3.8, 4) is 0 Å². The Kier molecular flexibility index (Phi) is 11.1. The Morgan fingerprint density at radius 3 is 2.40 bits per heavy atom. The number of likely N-dealkylation sites (tertiary alicyclic amines) is 1. The first-order valence-electron chi connectivity index (χ1n) is 15.0. The van der Waals surface area contributed by atoms with Crippen molar-refractivity contribution in [3.63, 3.8) is 0 Å². The smallest absolute Gasteiger partial charge is 0.224 e. The number of ether oxygens (including phenoxy) is 2. The maximum absolute atomic E-state index is 13.3. The van der Waals surface area contributed by atoms with E-state index in [1.165, 1.54) is 22.2 Å². The summed E-state index contributed by atoms with van der Waals surface area (Å²) in [6, 6.07) is 9.42. The molecule has 1 saturated heterocycles. The molecule has 4 rings (SSSR count). The molecule has 3 heterocycles. The third kappa shape index (κ3) is 7.50. The molecule has 1 unspecified atom stereocenters. The van der Waals surface area contributed by atoms with Gasteiger partial charge in [0.25, 0.3) is 0 Å². The second-order valence-corrected chi connectivity index (χ2v) is 11.6. The summed E-state index contributed by atoms with van der Waals surface area (Å²) >= 11 is 0.